The van der Waals surface area contributed by atoms with Gasteiger partial charge >= 0.3 is 5.97 Å². The van der Waals surface area contributed by atoms with Gasteiger partial charge in [0, 0.05) is 18.1 Å². The summed E-state index contributed by atoms with van der Waals surface area (Å²) in [6.45, 7) is 5.94. The number of carbonyl (C=O) groups excluding carboxylic acids is 1. The number of nitrogens with zero attached hydrogens (tertiary/aromatic N) is 1. The molecule has 1 saturated heterocycles. The predicted octanol–water partition coefficient (Wildman–Crippen LogP) is 2.66. The van der Waals surface area contributed by atoms with Gasteiger partial charge in [-0.05, 0) is 25.5 Å². The molecule has 2 rings (SSSR count). The first kappa shape index (κ1) is 15.3. The standard InChI is InChI=1S/C15H20ClNO3/c1-15(2)10-17(8-9-20-15)13(14(18)19-3)11-6-4-5-7-12(11)16/h4-7,13H,8-10H2,1-3H3. The molecular weight excluding hydrogens is 278 g/mol. The van der Waals surface area contributed by atoms with Gasteiger partial charge in [0.2, 0.25) is 0 Å². The van der Waals surface area contributed by atoms with Crippen LogP contribution in [-0.2, 0) is 14.3 Å². The first-order chi connectivity index (χ1) is 9.44. The van der Waals surface area contributed by atoms with Gasteiger partial charge in [0.05, 0.1) is 19.3 Å². The number of halogens is 1. The first-order valence-corrected chi connectivity index (χ1v) is 7.03. The lowest BCUT2D eigenvalue weighted by Crippen LogP contribution is -2.51. The number of hydrogen-bond acceptors (Lipinski definition) is 4. The Morgan fingerprint density at radius 3 is 2.75 bits per heavy atom. The number of carbonyl (C=O) groups is 1. The van der Waals surface area contributed by atoms with Crippen molar-refractivity contribution in [3.63, 3.8) is 0 Å². The molecule has 1 aromatic carbocycles. The van der Waals surface area contributed by atoms with Crippen LogP contribution in [0, 0.1) is 0 Å². The third-order valence-electron chi connectivity index (χ3n) is 3.44. The average Bonchev–Trinajstić information content (AvgIpc) is 2.40. The molecule has 110 valence electrons. The highest BCUT2D eigenvalue weighted by Crippen LogP contribution is 2.31. The minimum absolute atomic E-state index is 0.286. The number of methoxy groups -OCH3 is 1. The largest absolute Gasteiger partial charge is 0.468 e. The summed E-state index contributed by atoms with van der Waals surface area (Å²) >= 11 is 6.24. The number of hydrogen-bond donors (Lipinski definition) is 0. The van der Waals surface area contributed by atoms with E-state index in [4.69, 9.17) is 21.1 Å². The van der Waals surface area contributed by atoms with Gasteiger partial charge in [-0.2, -0.15) is 0 Å². The molecule has 1 heterocycles. The van der Waals surface area contributed by atoms with Crippen molar-refractivity contribution in [2.75, 3.05) is 26.8 Å². The van der Waals surface area contributed by atoms with Crippen molar-refractivity contribution in [2.24, 2.45) is 0 Å². The molecular formula is C15H20ClNO3. The van der Waals surface area contributed by atoms with Gasteiger partial charge in [0.25, 0.3) is 0 Å². The number of benzene rings is 1. The average molecular weight is 298 g/mol. The fourth-order valence-corrected chi connectivity index (χ4v) is 2.79. The molecule has 4 nitrogen and oxygen atoms in total. The molecule has 1 aromatic rings. The highest BCUT2D eigenvalue weighted by molar-refractivity contribution is 6.31. The maximum Gasteiger partial charge on any atom is 0.327 e. The summed E-state index contributed by atoms with van der Waals surface area (Å²) in [7, 11) is 1.40. The highest BCUT2D eigenvalue weighted by atomic mass is 35.5. The van der Waals surface area contributed by atoms with Crippen LogP contribution >= 0.6 is 11.6 Å². The Morgan fingerprint density at radius 2 is 2.15 bits per heavy atom. The molecule has 0 bridgehead atoms. The molecule has 0 amide bonds. The van der Waals surface area contributed by atoms with Gasteiger partial charge < -0.3 is 9.47 Å². The molecule has 0 aliphatic carbocycles. The van der Waals surface area contributed by atoms with Crippen molar-refractivity contribution in [3.05, 3.63) is 34.9 Å². The van der Waals surface area contributed by atoms with E-state index in [1.165, 1.54) is 7.11 Å². The Labute approximate surface area is 124 Å². The zero-order valence-electron chi connectivity index (χ0n) is 12.1. The van der Waals surface area contributed by atoms with E-state index < -0.39 is 6.04 Å². The summed E-state index contributed by atoms with van der Waals surface area (Å²) in [5.74, 6) is -0.296. The maximum absolute atomic E-state index is 12.2. The predicted molar refractivity (Wildman–Crippen MR) is 77.8 cm³/mol. The lowest BCUT2D eigenvalue weighted by Gasteiger charge is -2.41. The van der Waals surface area contributed by atoms with E-state index in [9.17, 15) is 4.79 Å². The fraction of sp³-hybridized carbons (Fsp3) is 0.533. The van der Waals surface area contributed by atoms with Crippen molar-refractivity contribution >= 4 is 17.6 Å². The molecule has 0 radical (unpaired) electrons. The summed E-state index contributed by atoms with van der Waals surface area (Å²) < 4.78 is 10.7. The molecule has 1 unspecified atom stereocenters. The lowest BCUT2D eigenvalue weighted by atomic mass is 10.0. The van der Waals surface area contributed by atoms with E-state index >= 15 is 0 Å². The molecule has 0 N–H and O–H groups in total. The van der Waals surface area contributed by atoms with Gasteiger partial charge in [0.15, 0.2) is 0 Å². The van der Waals surface area contributed by atoms with Crippen molar-refractivity contribution in [2.45, 2.75) is 25.5 Å². The van der Waals surface area contributed by atoms with Crippen LogP contribution in [0.15, 0.2) is 24.3 Å². The van der Waals surface area contributed by atoms with Crippen LogP contribution in [-0.4, -0.2) is 43.3 Å². The van der Waals surface area contributed by atoms with E-state index in [1.54, 1.807) is 6.07 Å². The minimum Gasteiger partial charge on any atom is -0.468 e. The second kappa shape index (κ2) is 6.12. The van der Waals surface area contributed by atoms with E-state index in [2.05, 4.69) is 4.90 Å². The van der Waals surface area contributed by atoms with Crippen LogP contribution in [0.2, 0.25) is 5.02 Å². The van der Waals surface area contributed by atoms with Crippen LogP contribution in [0.5, 0.6) is 0 Å². The Balaban J connectivity index is 2.33. The fourth-order valence-electron chi connectivity index (χ4n) is 2.55. The van der Waals surface area contributed by atoms with Crippen molar-refractivity contribution < 1.29 is 14.3 Å². The molecule has 0 aromatic heterocycles. The molecule has 1 atom stereocenters. The van der Waals surface area contributed by atoms with Crippen LogP contribution in [0.4, 0.5) is 0 Å². The number of esters is 1. The smallest absolute Gasteiger partial charge is 0.327 e. The van der Waals surface area contributed by atoms with Gasteiger partial charge in [-0.1, -0.05) is 29.8 Å². The van der Waals surface area contributed by atoms with E-state index in [1.807, 2.05) is 32.0 Å². The van der Waals surface area contributed by atoms with Gasteiger partial charge in [-0.25, -0.2) is 4.79 Å². The second-order valence-corrected chi connectivity index (χ2v) is 5.93. The van der Waals surface area contributed by atoms with Gasteiger partial charge in [-0.3, -0.25) is 4.90 Å². The molecule has 1 fully saturated rings. The van der Waals surface area contributed by atoms with Crippen molar-refractivity contribution in [3.8, 4) is 0 Å². The van der Waals surface area contributed by atoms with Gasteiger partial charge in [0.1, 0.15) is 6.04 Å². The van der Waals surface area contributed by atoms with Crippen molar-refractivity contribution in [1.29, 1.82) is 0 Å². The highest BCUT2D eigenvalue weighted by Gasteiger charge is 2.36. The number of ether oxygens (including phenoxy) is 2. The summed E-state index contributed by atoms with van der Waals surface area (Å²) in [6.07, 6.45) is 0. The zero-order valence-corrected chi connectivity index (χ0v) is 12.8. The van der Waals surface area contributed by atoms with E-state index in [0.29, 0.717) is 24.7 Å². The van der Waals surface area contributed by atoms with Crippen LogP contribution in [0.1, 0.15) is 25.5 Å². The third-order valence-corrected chi connectivity index (χ3v) is 3.79. The Kier molecular flexibility index (Phi) is 4.68. The normalized spacial score (nSPS) is 20.4. The van der Waals surface area contributed by atoms with Crippen LogP contribution < -0.4 is 0 Å². The summed E-state index contributed by atoms with van der Waals surface area (Å²) in [5.41, 5.74) is 0.491. The van der Waals surface area contributed by atoms with E-state index in [0.717, 1.165) is 5.56 Å². The third kappa shape index (κ3) is 3.32. The quantitative estimate of drug-likeness (QED) is 0.804. The molecule has 0 saturated carbocycles. The Bertz CT molecular complexity index is 490. The minimum atomic E-state index is -0.489. The topological polar surface area (TPSA) is 38.8 Å². The zero-order chi connectivity index (χ0) is 14.8. The first-order valence-electron chi connectivity index (χ1n) is 6.65. The summed E-state index contributed by atoms with van der Waals surface area (Å²) in [4.78, 5) is 14.3. The van der Waals surface area contributed by atoms with Gasteiger partial charge in [-0.15, -0.1) is 0 Å². The number of rotatable bonds is 3. The SMILES string of the molecule is COC(=O)C(c1ccccc1Cl)N1CCOC(C)(C)C1. The molecule has 1 aliphatic rings. The molecule has 5 heteroatoms. The van der Waals surface area contributed by atoms with E-state index in [-0.39, 0.29) is 11.6 Å². The second-order valence-electron chi connectivity index (χ2n) is 5.53. The van der Waals surface area contributed by atoms with Crippen LogP contribution in [0.3, 0.4) is 0 Å². The maximum atomic E-state index is 12.2. The molecule has 0 spiro atoms. The molecule has 20 heavy (non-hydrogen) atoms. The molecule has 1 aliphatic heterocycles. The Morgan fingerprint density at radius 1 is 1.45 bits per heavy atom. The summed E-state index contributed by atoms with van der Waals surface area (Å²) in [5, 5.41) is 0.576. The van der Waals surface area contributed by atoms with Crippen molar-refractivity contribution in [1.82, 2.24) is 4.90 Å². The summed E-state index contributed by atoms with van der Waals surface area (Å²) in [6, 6.07) is 6.90. The monoisotopic (exact) mass is 297 g/mol. The lowest BCUT2D eigenvalue weighted by molar-refractivity contribution is -0.154. The van der Waals surface area contributed by atoms with Crippen LogP contribution in [0.25, 0.3) is 0 Å². The number of morpholine rings is 1. The Hall–Kier alpha value is -1.10.